The molecule has 1 aliphatic rings. The first-order chi connectivity index (χ1) is 9.78. The summed E-state index contributed by atoms with van der Waals surface area (Å²) in [5.74, 6) is -0.911. The molecule has 2 N–H and O–H groups in total. The number of carboxylic acid groups (broad SMARTS) is 1. The highest BCUT2D eigenvalue weighted by Gasteiger charge is 2.44. The zero-order chi connectivity index (χ0) is 15.8. The minimum absolute atomic E-state index is 0.114. The van der Waals surface area contributed by atoms with E-state index in [-0.39, 0.29) is 17.4 Å². The van der Waals surface area contributed by atoms with Crippen LogP contribution < -0.4 is 5.32 Å². The lowest BCUT2D eigenvalue weighted by Crippen LogP contribution is -2.44. The number of carboxylic acids is 1. The van der Waals surface area contributed by atoms with Crippen molar-refractivity contribution in [2.75, 3.05) is 5.32 Å². The second-order valence-electron chi connectivity index (χ2n) is 5.84. The Morgan fingerprint density at radius 2 is 2.05 bits per heavy atom. The van der Waals surface area contributed by atoms with Gasteiger partial charge in [0.25, 0.3) is 0 Å². The molecule has 0 amide bonds. The molecule has 0 unspecified atom stereocenters. The molecule has 1 heterocycles. The van der Waals surface area contributed by atoms with Gasteiger partial charge in [0.05, 0.1) is 4.92 Å². The lowest BCUT2D eigenvalue weighted by atomic mass is 9.97. The van der Waals surface area contributed by atoms with Gasteiger partial charge in [0.15, 0.2) is 0 Å². The average Bonchev–Trinajstić information content (AvgIpc) is 2.96. The van der Waals surface area contributed by atoms with Crippen LogP contribution in [0.25, 0.3) is 0 Å². The first-order valence-electron chi connectivity index (χ1n) is 7.01. The van der Waals surface area contributed by atoms with Crippen LogP contribution in [0.15, 0.2) is 0 Å². The molecule has 1 aromatic rings. The van der Waals surface area contributed by atoms with Crippen LogP contribution in [0.2, 0.25) is 0 Å². The first kappa shape index (κ1) is 15.3. The minimum atomic E-state index is -1.13. The largest absolute Gasteiger partial charge is 0.480 e. The van der Waals surface area contributed by atoms with Crippen LogP contribution in [-0.4, -0.2) is 31.3 Å². The van der Waals surface area contributed by atoms with Crippen molar-refractivity contribution >= 4 is 17.5 Å². The second kappa shape index (κ2) is 5.34. The van der Waals surface area contributed by atoms with Crippen molar-refractivity contribution < 1.29 is 14.8 Å². The highest BCUT2D eigenvalue weighted by Crippen LogP contribution is 2.39. The van der Waals surface area contributed by atoms with E-state index in [9.17, 15) is 20.0 Å². The van der Waals surface area contributed by atoms with Gasteiger partial charge in [0.1, 0.15) is 11.2 Å². The number of hydrogen-bond donors (Lipinski definition) is 2. The molecule has 2 rings (SSSR count). The van der Waals surface area contributed by atoms with E-state index in [0.29, 0.717) is 18.5 Å². The second-order valence-corrected chi connectivity index (χ2v) is 5.84. The van der Waals surface area contributed by atoms with Crippen molar-refractivity contribution in [3.8, 4) is 0 Å². The van der Waals surface area contributed by atoms with Crippen molar-refractivity contribution in [2.45, 2.75) is 51.0 Å². The maximum Gasteiger partial charge on any atom is 0.334 e. The van der Waals surface area contributed by atoms with Crippen LogP contribution >= 0.6 is 0 Å². The monoisotopic (exact) mass is 296 g/mol. The number of nitrogens with one attached hydrogen (secondary N) is 1. The predicted octanol–water partition coefficient (Wildman–Crippen LogP) is 2.26. The van der Waals surface area contributed by atoms with E-state index in [1.807, 2.05) is 13.8 Å². The van der Waals surface area contributed by atoms with Gasteiger partial charge in [-0.3, -0.25) is 10.1 Å². The van der Waals surface area contributed by atoms with Crippen molar-refractivity contribution in [1.82, 2.24) is 9.78 Å². The normalized spacial score (nSPS) is 17.1. The number of aromatic nitrogens is 2. The van der Waals surface area contributed by atoms with Crippen molar-refractivity contribution in [2.24, 2.45) is 7.05 Å². The van der Waals surface area contributed by atoms with Crippen molar-refractivity contribution in [1.29, 1.82) is 0 Å². The molecule has 1 fully saturated rings. The molecule has 0 spiro atoms. The lowest BCUT2D eigenvalue weighted by molar-refractivity contribution is -0.384. The Labute approximate surface area is 122 Å². The zero-order valence-electron chi connectivity index (χ0n) is 12.4. The standard InChI is InChI=1S/C13H20N4O4/c1-8(2)9-10(17(20)21)11(16(3)15-9)14-13(12(18)19)6-4-5-7-13/h8,14H,4-7H2,1-3H3,(H,18,19). The average molecular weight is 296 g/mol. The van der Waals surface area contributed by atoms with Gasteiger partial charge in [-0.15, -0.1) is 0 Å². The molecule has 0 bridgehead atoms. The highest BCUT2D eigenvalue weighted by atomic mass is 16.6. The van der Waals surface area contributed by atoms with Crippen LogP contribution in [0.3, 0.4) is 0 Å². The SMILES string of the molecule is CC(C)c1nn(C)c(NC2(C(=O)O)CCCC2)c1[N+](=O)[O-]. The molecule has 0 atom stereocenters. The number of rotatable bonds is 5. The molecule has 0 aliphatic heterocycles. The van der Waals surface area contributed by atoms with E-state index in [4.69, 9.17) is 0 Å². The van der Waals surface area contributed by atoms with Crippen LogP contribution in [0.5, 0.6) is 0 Å². The fourth-order valence-electron chi connectivity index (χ4n) is 2.84. The summed E-state index contributed by atoms with van der Waals surface area (Å²) >= 11 is 0. The maximum absolute atomic E-state index is 11.6. The maximum atomic E-state index is 11.6. The van der Waals surface area contributed by atoms with E-state index < -0.39 is 16.4 Å². The summed E-state index contributed by atoms with van der Waals surface area (Å²) < 4.78 is 1.37. The summed E-state index contributed by atoms with van der Waals surface area (Å²) in [7, 11) is 1.59. The van der Waals surface area contributed by atoms with Gasteiger partial charge in [0.2, 0.25) is 5.82 Å². The van der Waals surface area contributed by atoms with Gasteiger partial charge in [-0.25, -0.2) is 9.48 Å². The molecule has 8 heteroatoms. The number of carbonyl (C=O) groups is 1. The molecule has 1 aromatic heterocycles. The fourth-order valence-corrected chi connectivity index (χ4v) is 2.84. The van der Waals surface area contributed by atoms with Gasteiger partial charge >= 0.3 is 11.7 Å². The number of anilines is 1. The van der Waals surface area contributed by atoms with Crippen LogP contribution in [0, 0.1) is 10.1 Å². The lowest BCUT2D eigenvalue weighted by Gasteiger charge is -2.25. The Balaban J connectivity index is 2.48. The Bertz CT molecular complexity index is 573. The number of aliphatic carboxylic acids is 1. The van der Waals surface area contributed by atoms with Gasteiger partial charge in [-0.1, -0.05) is 26.7 Å². The fraction of sp³-hybridized carbons (Fsp3) is 0.692. The number of aryl methyl sites for hydroxylation is 1. The Kier molecular flexibility index (Phi) is 3.89. The highest BCUT2D eigenvalue weighted by molar-refractivity contribution is 5.84. The molecule has 0 saturated heterocycles. The number of nitro groups is 1. The third kappa shape index (κ3) is 2.57. The molecule has 1 saturated carbocycles. The number of nitrogens with zero attached hydrogens (tertiary/aromatic N) is 3. The summed E-state index contributed by atoms with van der Waals surface area (Å²) in [5.41, 5.74) is -0.893. The molecule has 0 aromatic carbocycles. The third-order valence-corrected chi connectivity index (χ3v) is 4.00. The van der Waals surface area contributed by atoms with E-state index in [1.165, 1.54) is 4.68 Å². The molecule has 116 valence electrons. The molecular formula is C13H20N4O4. The predicted molar refractivity (Wildman–Crippen MR) is 76.4 cm³/mol. The zero-order valence-corrected chi connectivity index (χ0v) is 12.4. The van der Waals surface area contributed by atoms with Crippen LogP contribution in [0.4, 0.5) is 11.5 Å². The van der Waals surface area contributed by atoms with Gasteiger partial charge < -0.3 is 10.4 Å². The van der Waals surface area contributed by atoms with Gasteiger partial charge in [-0.05, 0) is 12.8 Å². The van der Waals surface area contributed by atoms with Crippen LogP contribution in [-0.2, 0) is 11.8 Å². The molecular weight excluding hydrogens is 276 g/mol. The topological polar surface area (TPSA) is 110 Å². The van der Waals surface area contributed by atoms with Gasteiger partial charge in [0, 0.05) is 13.0 Å². The Morgan fingerprint density at radius 3 is 2.48 bits per heavy atom. The van der Waals surface area contributed by atoms with Crippen LogP contribution in [0.1, 0.15) is 51.1 Å². The molecule has 8 nitrogen and oxygen atoms in total. The van der Waals surface area contributed by atoms with E-state index in [0.717, 1.165) is 12.8 Å². The molecule has 0 radical (unpaired) electrons. The van der Waals surface area contributed by atoms with E-state index >= 15 is 0 Å². The number of hydrogen-bond acceptors (Lipinski definition) is 5. The van der Waals surface area contributed by atoms with E-state index in [2.05, 4.69) is 10.4 Å². The van der Waals surface area contributed by atoms with Crippen molar-refractivity contribution in [3.05, 3.63) is 15.8 Å². The molecule has 1 aliphatic carbocycles. The summed E-state index contributed by atoms with van der Waals surface area (Å²) in [6.45, 7) is 3.64. The Hall–Kier alpha value is -2.12. The summed E-state index contributed by atoms with van der Waals surface area (Å²) in [4.78, 5) is 22.5. The van der Waals surface area contributed by atoms with Gasteiger partial charge in [-0.2, -0.15) is 5.10 Å². The summed E-state index contributed by atoms with van der Waals surface area (Å²) in [6, 6.07) is 0. The Morgan fingerprint density at radius 1 is 1.48 bits per heavy atom. The summed E-state index contributed by atoms with van der Waals surface area (Å²) in [5, 5.41) is 28.0. The van der Waals surface area contributed by atoms with E-state index in [1.54, 1.807) is 7.05 Å². The summed E-state index contributed by atoms with van der Waals surface area (Å²) in [6.07, 6.45) is 2.51. The quantitative estimate of drug-likeness (QED) is 0.637. The minimum Gasteiger partial charge on any atom is -0.480 e. The third-order valence-electron chi connectivity index (χ3n) is 4.00. The van der Waals surface area contributed by atoms with Crippen molar-refractivity contribution in [3.63, 3.8) is 0 Å². The molecule has 21 heavy (non-hydrogen) atoms. The smallest absolute Gasteiger partial charge is 0.334 e. The first-order valence-corrected chi connectivity index (χ1v) is 7.01.